The standard InChI is InChI=1S/C13H14FIN2O.ClH/c14-11-7-10(1-2-12(11)15)13(18)17-8-9-3-5-16-6-4-9;/h1-3,7,16H,4-6,8H2,(H,17,18);1H. The van der Waals surface area contributed by atoms with E-state index in [0.717, 1.165) is 19.5 Å². The highest BCUT2D eigenvalue weighted by molar-refractivity contribution is 14.1. The maximum absolute atomic E-state index is 13.3. The van der Waals surface area contributed by atoms with Gasteiger partial charge in [0.25, 0.3) is 5.91 Å². The third kappa shape index (κ3) is 4.74. The lowest BCUT2D eigenvalue weighted by Gasteiger charge is -2.14. The molecule has 1 amide bonds. The summed E-state index contributed by atoms with van der Waals surface area (Å²) in [4.78, 5) is 11.8. The Morgan fingerprint density at radius 1 is 1.47 bits per heavy atom. The van der Waals surface area contributed by atoms with Crippen molar-refractivity contribution >= 4 is 40.9 Å². The van der Waals surface area contributed by atoms with Gasteiger partial charge < -0.3 is 10.6 Å². The van der Waals surface area contributed by atoms with Crippen LogP contribution < -0.4 is 10.6 Å². The fourth-order valence-corrected chi connectivity index (χ4v) is 2.10. The van der Waals surface area contributed by atoms with Gasteiger partial charge in [-0.15, -0.1) is 12.4 Å². The number of carbonyl (C=O) groups is 1. The summed E-state index contributed by atoms with van der Waals surface area (Å²) >= 11 is 1.90. The van der Waals surface area contributed by atoms with E-state index in [0.29, 0.717) is 15.7 Å². The van der Waals surface area contributed by atoms with E-state index in [2.05, 4.69) is 16.7 Å². The van der Waals surface area contributed by atoms with E-state index in [1.165, 1.54) is 11.6 Å². The first kappa shape index (κ1) is 16.4. The third-order valence-electron chi connectivity index (χ3n) is 2.82. The van der Waals surface area contributed by atoms with Crippen molar-refractivity contribution in [3.8, 4) is 0 Å². The average molecular weight is 397 g/mol. The molecule has 2 rings (SSSR count). The first-order valence-corrected chi connectivity index (χ1v) is 6.86. The molecule has 1 aromatic carbocycles. The quantitative estimate of drug-likeness (QED) is 0.609. The van der Waals surface area contributed by atoms with Crippen molar-refractivity contribution in [1.82, 2.24) is 10.6 Å². The van der Waals surface area contributed by atoms with Crippen LogP contribution >= 0.6 is 35.0 Å². The minimum absolute atomic E-state index is 0. The molecule has 1 aromatic rings. The minimum atomic E-state index is -0.357. The highest BCUT2D eigenvalue weighted by atomic mass is 127. The van der Waals surface area contributed by atoms with Crippen LogP contribution in [0.15, 0.2) is 29.8 Å². The molecule has 0 radical (unpaired) electrons. The fourth-order valence-electron chi connectivity index (χ4n) is 1.76. The summed E-state index contributed by atoms with van der Waals surface area (Å²) < 4.78 is 13.8. The Morgan fingerprint density at radius 3 is 2.89 bits per heavy atom. The summed E-state index contributed by atoms with van der Waals surface area (Å²) in [5.41, 5.74) is 1.58. The molecule has 19 heavy (non-hydrogen) atoms. The van der Waals surface area contributed by atoms with E-state index in [9.17, 15) is 9.18 Å². The highest BCUT2D eigenvalue weighted by Crippen LogP contribution is 2.12. The topological polar surface area (TPSA) is 41.1 Å². The number of hydrogen-bond donors (Lipinski definition) is 2. The third-order valence-corrected chi connectivity index (χ3v) is 3.69. The molecule has 0 bridgehead atoms. The monoisotopic (exact) mass is 396 g/mol. The molecular weight excluding hydrogens is 382 g/mol. The fraction of sp³-hybridized carbons (Fsp3) is 0.308. The van der Waals surface area contributed by atoms with Crippen LogP contribution in [0.4, 0.5) is 4.39 Å². The summed E-state index contributed by atoms with van der Waals surface area (Å²) in [5.74, 6) is -0.589. The Bertz CT molecular complexity index is 494. The lowest BCUT2D eigenvalue weighted by molar-refractivity contribution is 0.0956. The van der Waals surface area contributed by atoms with Gasteiger partial charge in [0, 0.05) is 22.2 Å². The molecule has 104 valence electrons. The SMILES string of the molecule is Cl.O=C(NCC1=CCNCC1)c1ccc(I)c(F)c1. The van der Waals surface area contributed by atoms with Gasteiger partial charge in [0.05, 0.1) is 0 Å². The van der Waals surface area contributed by atoms with Crippen molar-refractivity contribution in [3.63, 3.8) is 0 Å². The van der Waals surface area contributed by atoms with Gasteiger partial charge in [-0.25, -0.2) is 4.39 Å². The van der Waals surface area contributed by atoms with Crippen molar-refractivity contribution < 1.29 is 9.18 Å². The lowest BCUT2D eigenvalue weighted by atomic mass is 10.1. The van der Waals surface area contributed by atoms with Gasteiger partial charge in [-0.2, -0.15) is 0 Å². The largest absolute Gasteiger partial charge is 0.348 e. The summed E-state index contributed by atoms with van der Waals surface area (Å²) in [6.07, 6.45) is 3.03. The smallest absolute Gasteiger partial charge is 0.251 e. The molecule has 1 aliphatic rings. The number of amides is 1. The van der Waals surface area contributed by atoms with Crippen molar-refractivity contribution in [3.05, 3.63) is 44.8 Å². The summed E-state index contributed by atoms with van der Waals surface area (Å²) in [6, 6.07) is 4.51. The van der Waals surface area contributed by atoms with Crippen LogP contribution in [0.2, 0.25) is 0 Å². The zero-order chi connectivity index (χ0) is 13.0. The van der Waals surface area contributed by atoms with Crippen molar-refractivity contribution in [2.24, 2.45) is 0 Å². The highest BCUT2D eigenvalue weighted by Gasteiger charge is 2.09. The Balaban J connectivity index is 0.00000180. The molecule has 0 spiro atoms. The molecule has 1 heterocycles. The second-order valence-corrected chi connectivity index (χ2v) is 5.29. The van der Waals surface area contributed by atoms with Gasteiger partial charge in [0.1, 0.15) is 5.82 Å². The Kier molecular flexibility index (Phi) is 6.74. The van der Waals surface area contributed by atoms with Crippen LogP contribution in [-0.2, 0) is 0 Å². The van der Waals surface area contributed by atoms with Crippen LogP contribution in [0.3, 0.4) is 0 Å². The van der Waals surface area contributed by atoms with Gasteiger partial charge in [-0.3, -0.25) is 4.79 Å². The molecule has 0 aliphatic carbocycles. The number of benzene rings is 1. The van der Waals surface area contributed by atoms with E-state index >= 15 is 0 Å². The number of halogens is 3. The maximum Gasteiger partial charge on any atom is 0.251 e. The van der Waals surface area contributed by atoms with E-state index in [1.807, 2.05) is 22.6 Å². The summed E-state index contributed by atoms with van der Waals surface area (Å²) in [7, 11) is 0. The van der Waals surface area contributed by atoms with E-state index in [4.69, 9.17) is 0 Å². The number of rotatable bonds is 3. The molecule has 6 heteroatoms. The summed E-state index contributed by atoms with van der Waals surface area (Å²) in [5, 5.41) is 6.02. The van der Waals surface area contributed by atoms with Crippen LogP contribution in [0.25, 0.3) is 0 Å². The first-order valence-electron chi connectivity index (χ1n) is 5.78. The maximum atomic E-state index is 13.3. The van der Waals surface area contributed by atoms with E-state index < -0.39 is 0 Å². The predicted octanol–water partition coefficient (Wildman–Crippen LogP) is 2.50. The molecule has 0 saturated carbocycles. The van der Waals surface area contributed by atoms with Crippen LogP contribution in [0.1, 0.15) is 16.8 Å². The van der Waals surface area contributed by atoms with Crippen LogP contribution in [0.5, 0.6) is 0 Å². The Labute approximate surface area is 131 Å². The van der Waals surface area contributed by atoms with Crippen LogP contribution in [-0.4, -0.2) is 25.5 Å². The van der Waals surface area contributed by atoms with Gasteiger partial charge in [0.2, 0.25) is 0 Å². The van der Waals surface area contributed by atoms with Gasteiger partial charge in [-0.1, -0.05) is 11.6 Å². The Morgan fingerprint density at radius 2 is 2.26 bits per heavy atom. The van der Waals surface area contributed by atoms with Crippen LogP contribution in [0, 0.1) is 9.39 Å². The number of hydrogen-bond acceptors (Lipinski definition) is 2. The Hall–Kier alpha value is -0.660. The molecule has 0 saturated heterocycles. The molecule has 0 unspecified atom stereocenters. The molecule has 0 fully saturated rings. The first-order chi connectivity index (χ1) is 8.66. The van der Waals surface area contributed by atoms with E-state index in [-0.39, 0.29) is 24.1 Å². The minimum Gasteiger partial charge on any atom is -0.348 e. The molecule has 0 atom stereocenters. The average Bonchev–Trinajstić information content (AvgIpc) is 2.40. The second-order valence-electron chi connectivity index (χ2n) is 4.13. The van der Waals surface area contributed by atoms with E-state index in [1.54, 1.807) is 12.1 Å². The van der Waals surface area contributed by atoms with Gasteiger partial charge >= 0.3 is 0 Å². The second kappa shape index (κ2) is 7.81. The molecule has 1 aliphatic heterocycles. The molecule has 3 nitrogen and oxygen atoms in total. The van der Waals surface area contributed by atoms with Crippen molar-refractivity contribution in [1.29, 1.82) is 0 Å². The predicted molar refractivity (Wildman–Crippen MR) is 84.3 cm³/mol. The van der Waals surface area contributed by atoms with Crippen molar-refractivity contribution in [2.75, 3.05) is 19.6 Å². The number of carbonyl (C=O) groups excluding carboxylic acids is 1. The number of nitrogens with one attached hydrogen (secondary N) is 2. The van der Waals surface area contributed by atoms with Gasteiger partial charge in [-0.05, 0) is 53.8 Å². The lowest BCUT2D eigenvalue weighted by Crippen LogP contribution is -2.29. The molecule has 2 N–H and O–H groups in total. The summed E-state index contributed by atoms with van der Waals surface area (Å²) in [6.45, 7) is 2.33. The zero-order valence-corrected chi connectivity index (χ0v) is 13.2. The molecular formula is C13H15ClFIN2O. The zero-order valence-electron chi connectivity index (χ0n) is 10.2. The van der Waals surface area contributed by atoms with Crippen molar-refractivity contribution in [2.45, 2.75) is 6.42 Å². The molecule has 0 aromatic heterocycles. The van der Waals surface area contributed by atoms with Gasteiger partial charge in [0.15, 0.2) is 0 Å². The normalized spacial score (nSPS) is 14.3.